The second kappa shape index (κ2) is 8.76. The van der Waals surface area contributed by atoms with Gasteiger partial charge < -0.3 is 14.6 Å². The highest BCUT2D eigenvalue weighted by Crippen LogP contribution is 2.30. The summed E-state index contributed by atoms with van der Waals surface area (Å²) in [6.45, 7) is 1.87. The molecule has 0 saturated carbocycles. The summed E-state index contributed by atoms with van der Waals surface area (Å²) in [6.07, 6.45) is 0.00182. The molecule has 172 valence electrons. The van der Waals surface area contributed by atoms with E-state index in [1.165, 1.54) is 6.07 Å². The average molecular weight is 467 g/mol. The first-order valence-corrected chi connectivity index (χ1v) is 11.8. The molecule has 0 aliphatic rings. The van der Waals surface area contributed by atoms with Crippen LogP contribution >= 0.6 is 0 Å². The molecule has 0 aliphatic heterocycles. The van der Waals surface area contributed by atoms with E-state index in [0.717, 1.165) is 33.2 Å². The van der Waals surface area contributed by atoms with Crippen LogP contribution in [0, 0.1) is 6.92 Å². The van der Waals surface area contributed by atoms with Gasteiger partial charge in [-0.2, -0.15) is 0 Å². The first-order chi connectivity index (χ1) is 15.7. The molecule has 9 heteroatoms. The van der Waals surface area contributed by atoms with Crippen LogP contribution in [-0.2, 0) is 21.2 Å². The number of aryl methyl sites for hydroxylation is 1. The lowest BCUT2D eigenvalue weighted by Gasteiger charge is -2.17. The van der Waals surface area contributed by atoms with Gasteiger partial charge in [-0.25, -0.2) is 8.42 Å². The fourth-order valence-electron chi connectivity index (χ4n) is 3.99. The van der Waals surface area contributed by atoms with Crippen LogP contribution in [0.25, 0.3) is 21.7 Å². The molecule has 1 heterocycles. The molecule has 1 amide bonds. The van der Waals surface area contributed by atoms with E-state index >= 15 is 0 Å². The number of methoxy groups -OCH3 is 1. The van der Waals surface area contributed by atoms with Gasteiger partial charge in [0.05, 0.1) is 18.4 Å². The fourth-order valence-corrected chi connectivity index (χ4v) is 5.07. The zero-order chi connectivity index (χ0) is 23.8. The number of hydrazine groups is 1. The van der Waals surface area contributed by atoms with Crippen molar-refractivity contribution in [1.29, 1.82) is 0 Å². The highest BCUT2D eigenvalue weighted by molar-refractivity contribution is 7.89. The molecular formula is C24H26N4O4S. The van der Waals surface area contributed by atoms with E-state index < -0.39 is 15.9 Å². The van der Waals surface area contributed by atoms with Crippen LogP contribution in [0.15, 0.2) is 59.5 Å². The van der Waals surface area contributed by atoms with E-state index in [9.17, 15) is 13.2 Å². The Balaban J connectivity index is 1.56. The maximum absolute atomic E-state index is 13.0. The third-order valence-electron chi connectivity index (χ3n) is 5.62. The zero-order valence-electron chi connectivity index (χ0n) is 18.9. The van der Waals surface area contributed by atoms with Crippen molar-refractivity contribution in [2.24, 2.45) is 0 Å². The molecule has 0 fully saturated rings. The number of aromatic amines is 1. The SMILES string of the molecule is COc1ccc2[nH]c(C)c(CC(=O)NNS(=O)(=O)c3cccc4c(N(C)C)cccc34)c2c1. The first kappa shape index (κ1) is 22.6. The standard InChI is InChI=1S/C24H26N4O4S/c1-15-19(20-13-16(32-4)11-12-21(20)25-15)14-24(29)26-27-33(30,31)23-10-6-7-17-18(23)8-5-9-22(17)28(2)3/h5-13,25,27H,14H2,1-4H3,(H,26,29). The molecule has 33 heavy (non-hydrogen) atoms. The normalized spacial score (nSPS) is 11.6. The van der Waals surface area contributed by atoms with E-state index in [0.29, 0.717) is 11.1 Å². The Hall–Kier alpha value is -3.56. The largest absolute Gasteiger partial charge is 0.497 e. The summed E-state index contributed by atoms with van der Waals surface area (Å²) in [7, 11) is 1.38. The molecule has 8 nitrogen and oxygen atoms in total. The Bertz CT molecular complexity index is 1460. The van der Waals surface area contributed by atoms with Crippen molar-refractivity contribution in [2.75, 3.05) is 26.1 Å². The van der Waals surface area contributed by atoms with Crippen molar-refractivity contribution < 1.29 is 17.9 Å². The number of aromatic nitrogens is 1. The number of anilines is 1. The fraction of sp³-hybridized carbons (Fsp3) is 0.208. The lowest BCUT2D eigenvalue weighted by molar-refractivity contribution is -0.120. The lowest BCUT2D eigenvalue weighted by atomic mass is 10.1. The van der Waals surface area contributed by atoms with Crippen LogP contribution in [0.1, 0.15) is 11.3 Å². The minimum absolute atomic E-state index is 0.00182. The third-order valence-corrected chi connectivity index (χ3v) is 6.93. The Labute approximate surface area is 192 Å². The van der Waals surface area contributed by atoms with E-state index in [1.807, 2.05) is 62.3 Å². The van der Waals surface area contributed by atoms with E-state index in [-0.39, 0.29) is 11.3 Å². The summed E-state index contributed by atoms with van der Waals surface area (Å²) in [6, 6.07) is 16.1. The maximum Gasteiger partial charge on any atom is 0.257 e. The van der Waals surface area contributed by atoms with Crippen molar-refractivity contribution in [3.8, 4) is 5.75 Å². The number of carbonyl (C=O) groups excluding carboxylic acids is 1. The molecule has 0 spiro atoms. The Morgan fingerprint density at radius 1 is 1.03 bits per heavy atom. The van der Waals surface area contributed by atoms with Gasteiger partial charge in [-0.15, -0.1) is 4.83 Å². The first-order valence-electron chi connectivity index (χ1n) is 10.4. The quantitative estimate of drug-likeness (QED) is 0.363. The van der Waals surface area contributed by atoms with Crippen LogP contribution < -0.4 is 19.9 Å². The second-order valence-electron chi connectivity index (χ2n) is 7.99. The van der Waals surface area contributed by atoms with Gasteiger partial charge in [0.15, 0.2) is 0 Å². The number of amides is 1. The van der Waals surface area contributed by atoms with Crippen molar-refractivity contribution in [3.05, 3.63) is 65.9 Å². The number of carbonyl (C=O) groups is 1. The van der Waals surface area contributed by atoms with E-state index in [2.05, 4.69) is 15.2 Å². The molecule has 0 radical (unpaired) electrons. The third kappa shape index (κ3) is 4.37. The summed E-state index contributed by atoms with van der Waals surface area (Å²) in [5, 5.41) is 2.24. The van der Waals surface area contributed by atoms with Gasteiger partial charge >= 0.3 is 0 Å². The summed E-state index contributed by atoms with van der Waals surface area (Å²) >= 11 is 0. The number of hydrogen-bond acceptors (Lipinski definition) is 5. The monoisotopic (exact) mass is 466 g/mol. The maximum atomic E-state index is 13.0. The van der Waals surface area contributed by atoms with Crippen LogP contribution in [0.3, 0.4) is 0 Å². The van der Waals surface area contributed by atoms with Crippen molar-refractivity contribution in [3.63, 3.8) is 0 Å². The van der Waals surface area contributed by atoms with Crippen LogP contribution in [0.5, 0.6) is 5.75 Å². The molecule has 4 rings (SSSR count). The zero-order valence-corrected chi connectivity index (χ0v) is 19.7. The van der Waals surface area contributed by atoms with Crippen molar-refractivity contribution >= 4 is 43.3 Å². The summed E-state index contributed by atoms with van der Waals surface area (Å²) in [5.74, 6) is 0.205. The van der Waals surface area contributed by atoms with Gasteiger partial charge in [-0.05, 0) is 42.8 Å². The Morgan fingerprint density at radius 2 is 1.76 bits per heavy atom. The molecule has 0 unspecified atom stereocenters. The molecule has 1 aromatic heterocycles. The molecular weight excluding hydrogens is 440 g/mol. The average Bonchev–Trinajstić information content (AvgIpc) is 3.10. The molecule has 3 N–H and O–H groups in total. The van der Waals surface area contributed by atoms with E-state index in [1.54, 1.807) is 19.2 Å². The molecule has 0 saturated heterocycles. The van der Waals surface area contributed by atoms with Crippen LogP contribution in [0.4, 0.5) is 5.69 Å². The number of benzene rings is 3. The molecule has 4 aromatic rings. The minimum Gasteiger partial charge on any atom is -0.497 e. The van der Waals surface area contributed by atoms with Crippen molar-refractivity contribution in [1.82, 2.24) is 15.2 Å². The molecule has 0 bridgehead atoms. The van der Waals surface area contributed by atoms with Gasteiger partial charge in [0.25, 0.3) is 10.0 Å². The Kier molecular flexibility index (Phi) is 6.01. The van der Waals surface area contributed by atoms with Gasteiger partial charge in [0, 0.05) is 47.2 Å². The molecule has 0 atom stereocenters. The predicted molar refractivity (Wildman–Crippen MR) is 130 cm³/mol. The number of nitrogens with one attached hydrogen (secondary N) is 3. The number of nitrogens with zero attached hydrogens (tertiary/aromatic N) is 1. The smallest absolute Gasteiger partial charge is 0.257 e. The number of ether oxygens (including phenoxy) is 1. The molecule has 3 aromatic carbocycles. The number of sulfonamides is 1. The van der Waals surface area contributed by atoms with Gasteiger partial charge in [0.1, 0.15) is 5.75 Å². The van der Waals surface area contributed by atoms with Crippen LogP contribution in [-0.4, -0.2) is 40.5 Å². The summed E-state index contributed by atoms with van der Waals surface area (Å²) < 4.78 is 31.4. The van der Waals surface area contributed by atoms with Crippen molar-refractivity contribution in [2.45, 2.75) is 18.2 Å². The highest BCUT2D eigenvalue weighted by Gasteiger charge is 2.20. The summed E-state index contributed by atoms with van der Waals surface area (Å²) in [5.41, 5.74) is 5.74. The Morgan fingerprint density at radius 3 is 2.48 bits per heavy atom. The number of rotatable bonds is 7. The number of fused-ring (bicyclic) bond motifs is 2. The topological polar surface area (TPSA) is 104 Å². The number of H-pyrrole nitrogens is 1. The summed E-state index contributed by atoms with van der Waals surface area (Å²) in [4.78, 5) is 20.2. The highest BCUT2D eigenvalue weighted by atomic mass is 32.2. The second-order valence-corrected chi connectivity index (χ2v) is 9.64. The van der Waals surface area contributed by atoms with Gasteiger partial charge in [-0.1, -0.05) is 24.3 Å². The van der Waals surface area contributed by atoms with Crippen LogP contribution in [0.2, 0.25) is 0 Å². The van der Waals surface area contributed by atoms with Gasteiger partial charge in [0.2, 0.25) is 5.91 Å². The molecule has 0 aliphatic carbocycles. The predicted octanol–water partition coefficient (Wildman–Crippen LogP) is 3.26. The lowest BCUT2D eigenvalue weighted by Crippen LogP contribution is -2.42. The minimum atomic E-state index is -3.99. The van der Waals surface area contributed by atoms with E-state index in [4.69, 9.17) is 4.74 Å². The van der Waals surface area contributed by atoms with Gasteiger partial charge in [-0.3, -0.25) is 10.2 Å². The number of hydrogen-bond donors (Lipinski definition) is 3.